The molecule has 0 fully saturated rings. The van der Waals surface area contributed by atoms with E-state index in [1.165, 1.54) is 41.5 Å². The van der Waals surface area contributed by atoms with Gasteiger partial charge in [0.15, 0.2) is 9.84 Å². The highest BCUT2D eigenvalue weighted by Gasteiger charge is 2.31. The third-order valence-electron chi connectivity index (χ3n) is 7.51. The largest absolute Gasteiger partial charge is 0.497 e. The molecule has 5 rings (SSSR count). The molecule has 4 aromatic carbocycles. The van der Waals surface area contributed by atoms with E-state index in [1.54, 1.807) is 14.2 Å². The maximum atomic E-state index is 11.8. The summed E-state index contributed by atoms with van der Waals surface area (Å²) in [5.41, 5.74) is 13.1. The van der Waals surface area contributed by atoms with Gasteiger partial charge in [0, 0.05) is 28.9 Å². The Hall–Kier alpha value is -4.82. The number of aliphatic hydroxyl groups excluding tert-OH is 1. The summed E-state index contributed by atoms with van der Waals surface area (Å²) in [4.78, 5) is 14.7. The van der Waals surface area contributed by atoms with Gasteiger partial charge in [0.1, 0.15) is 11.5 Å². The van der Waals surface area contributed by atoms with Gasteiger partial charge in [0.05, 0.1) is 25.7 Å². The lowest BCUT2D eigenvalue weighted by Gasteiger charge is -2.32. The second-order valence-corrected chi connectivity index (χ2v) is 12.1. The lowest BCUT2D eigenvalue weighted by atomic mass is 9.71. The summed E-state index contributed by atoms with van der Waals surface area (Å²) in [5.74, 6) is 1.18. The van der Waals surface area contributed by atoms with Gasteiger partial charge in [-0.3, -0.25) is 4.79 Å². The molecule has 0 unspecified atom stereocenters. The molecule has 0 saturated carbocycles. The van der Waals surface area contributed by atoms with Crippen molar-refractivity contribution in [3.05, 3.63) is 136 Å². The van der Waals surface area contributed by atoms with E-state index in [9.17, 15) is 18.3 Å². The molecule has 1 aliphatic carbocycles. The number of Topliss-reactive ketones (excluding diaryl/α,β-unsaturated/α-hetero) is 1. The number of ether oxygens (including phenoxy) is 2. The SMILES string of the molecule is COc1ccc(C(C)(c2ccc(CO)cc2)c2ccc(OC)cc2)cc1.CS(=O)(=O)c1cccc2c1C=CC(=[N+]=[N-])C2=O. The first-order chi connectivity index (χ1) is 20.6. The van der Waals surface area contributed by atoms with Crippen molar-refractivity contribution in [1.82, 2.24) is 0 Å². The molecule has 9 heteroatoms. The van der Waals surface area contributed by atoms with E-state index < -0.39 is 15.6 Å². The molecule has 4 aromatic rings. The van der Waals surface area contributed by atoms with Crippen molar-refractivity contribution in [3.8, 4) is 11.5 Å². The zero-order valence-corrected chi connectivity index (χ0v) is 25.1. The van der Waals surface area contributed by atoms with Crippen molar-refractivity contribution in [2.45, 2.75) is 23.8 Å². The Morgan fingerprint density at radius 1 is 0.791 bits per heavy atom. The van der Waals surface area contributed by atoms with Crippen LogP contribution in [0.3, 0.4) is 0 Å². The van der Waals surface area contributed by atoms with Gasteiger partial charge in [-0.15, -0.1) is 0 Å². The summed E-state index contributed by atoms with van der Waals surface area (Å²) < 4.78 is 33.7. The molecule has 220 valence electrons. The van der Waals surface area contributed by atoms with Crippen LogP contribution < -0.4 is 9.47 Å². The van der Waals surface area contributed by atoms with Crippen LogP contribution in [0.5, 0.6) is 11.5 Å². The molecule has 0 bridgehead atoms. The first kappa shape index (κ1) is 31.1. The third-order valence-corrected chi connectivity index (χ3v) is 8.66. The molecular formula is C34H32N2O6S. The van der Waals surface area contributed by atoms with Crippen LogP contribution in [0.1, 0.15) is 45.1 Å². The molecule has 1 aliphatic rings. The summed E-state index contributed by atoms with van der Waals surface area (Å²) in [7, 11) is -0.0539. The molecule has 0 radical (unpaired) electrons. The number of ketones is 1. The number of sulfone groups is 1. The van der Waals surface area contributed by atoms with Gasteiger partial charge in [0.25, 0.3) is 5.78 Å². The van der Waals surface area contributed by atoms with Gasteiger partial charge < -0.3 is 20.1 Å². The summed E-state index contributed by atoms with van der Waals surface area (Å²) in [6.07, 6.45) is 3.83. The van der Waals surface area contributed by atoms with Crippen LogP contribution in [0.2, 0.25) is 0 Å². The minimum atomic E-state index is -3.40. The number of hydrogen-bond acceptors (Lipinski definition) is 6. The summed E-state index contributed by atoms with van der Waals surface area (Å²) in [6, 6.07) is 28.9. The quantitative estimate of drug-likeness (QED) is 0.170. The predicted molar refractivity (Wildman–Crippen MR) is 165 cm³/mol. The smallest absolute Gasteiger partial charge is 0.362 e. The second-order valence-electron chi connectivity index (χ2n) is 10.1. The number of fused-ring (bicyclic) bond motifs is 1. The molecule has 1 N–H and O–H groups in total. The van der Waals surface area contributed by atoms with Crippen LogP contribution in [0.25, 0.3) is 11.6 Å². The van der Waals surface area contributed by atoms with Crippen molar-refractivity contribution >= 4 is 27.4 Å². The van der Waals surface area contributed by atoms with Crippen molar-refractivity contribution in [1.29, 1.82) is 0 Å². The lowest BCUT2D eigenvalue weighted by molar-refractivity contribution is -0.00436. The number of nitrogens with zero attached hydrogens (tertiary/aromatic N) is 2. The fourth-order valence-corrected chi connectivity index (χ4v) is 5.89. The number of allylic oxidation sites excluding steroid dienone is 1. The van der Waals surface area contributed by atoms with E-state index in [0.29, 0.717) is 5.56 Å². The molecule has 43 heavy (non-hydrogen) atoms. The molecule has 0 aliphatic heterocycles. The highest BCUT2D eigenvalue weighted by atomic mass is 32.2. The normalized spacial score (nSPS) is 12.5. The Kier molecular flexibility index (Phi) is 9.41. The van der Waals surface area contributed by atoms with E-state index in [1.807, 2.05) is 36.4 Å². The molecule has 0 heterocycles. The molecular weight excluding hydrogens is 564 g/mol. The van der Waals surface area contributed by atoms with Crippen LogP contribution in [0.4, 0.5) is 0 Å². The van der Waals surface area contributed by atoms with E-state index in [2.05, 4.69) is 48.1 Å². The second kappa shape index (κ2) is 13.0. The molecule has 0 saturated heterocycles. The van der Waals surface area contributed by atoms with Crippen LogP contribution in [0, 0.1) is 0 Å². The van der Waals surface area contributed by atoms with E-state index in [0.717, 1.165) is 28.9 Å². The molecule has 8 nitrogen and oxygen atoms in total. The highest BCUT2D eigenvalue weighted by Crippen LogP contribution is 2.40. The van der Waals surface area contributed by atoms with E-state index >= 15 is 0 Å². The number of aliphatic hydroxyl groups is 1. The van der Waals surface area contributed by atoms with Gasteiger partial charge >= 0.3 is 5.71 Å². The van der Waals surface area contributed by atoms with Crippen molar-refractivity contribution in [2.75, 3.05) is 20.5 Å². The number of methoxy groups -OCH3 is 2. The monoisotopic (exact) mass is 596 g/mol. The van der Waals surface area contributed by atoms with Crippen LogP contribution in [-0.4, -0.2) is 50.3 Å². The Balaban J connectivity index is 0.000000215. The fourth-order valence-electron chi connectivity index (χ4n) is 4.98. The zero-order valence-electron chi connectivity index (χ0n) is 24.3. The number of carbonyl (C=O) groups is 1. The molecule has 0 amide bonds. The first-order valence-electron chi connectivity index (χ1n) is 13.3. The first-order valence-corrected chi connectivity index (χ1v) is 15.2. The predicted octanol–water partition coefficient (Wildman–Crippen LogP) is 5.52. The Bertz CT molecular complexity index is 1690. The fraction of sp³-hybridized carbons (Fsp3) is 0.176. The maximum absolute atomic E-state index is 11.8. The molecule has 0 atom stereocenters. The van der Waals surface area contributed by atoms with Gasteiger partial charge in [-0.1, -0.05) is 60.7 Å². The number of rotatable bonds is 7. The van der Waals surface area contributed by atoms with E-state index in [4.69, 9.17) is 15.0 Å². The number of benzene rings is 4. The van der Waals surface area contributed by atoms with Gasteiger partial charge in [-0.05, 0) is 65.6 Å². The summed E-state index contributed by atoms with van der Waals surface area (Å²) in [6.45, 7) is 2.26. The number of hydrogen-bond donors (Lipinski definition) is 1. The Morgan fingerprint density at radius 2 is 1.28 bits per heavy atom. The summed E-state index contributed by atoms with van der Waals surface area (Å²) >= 11 is 0. The zero-order chi connectivity index (χ0) is 31.2. The number of carbonyl (C=O) groups excluding carboxylic acids is 1. The lowest BCUT2D eigenvalue weighted by Crippen LogP contribution is -2.25. The topological polar surface area (TPSA) is 126 Å². The average Bonchev–Trinajstić information content (AvgIpc) is 3.04. The van der Waals surface area contributed by atoms with Gasteiger partial charge in [-0.2, -0.15) is 4.79 Å². The van der Waals surface area contributed by atoms with Crippen molar-refractivity contribution < 1.29 is 32.6 Å². The maximum Gasteiger partial charge on any atom is 0.362 e. The van der Waals surface area contributed by atoms with Crippen LogP contribution in [0.15, 0.2) is 102 Å². The molecule has 0 spiro atoms. The van der Waals surface area contributed by atoms with Crippen molar-refractivity contribution in [2.24, 2.45) is 0 Å². The third kappa shape index (κ3) is 6.49. The Labute approximate surface area is 251 Å². The standard InChI is InChI=1S/C23H24O3.C11H8N2O3S/c1-23(18-6-4-17(16-24)5-7-18,19-8-12-21(25-2)13-9-19)20-10-14-22(26-3)15-11-20;1-17(15,16)10-4-2-3-8-7(10)5-6-9(13-12)11(8)14/h4-15,24H,16H2,1-3H3;2-6H,1H3. The minimum Gasteiger partial charge on any atom is -0.497 e. The molecule has 0 aromatic heterocycles. The van der Waals surface area contributed by atoms with Gasteiger partial charge in [-0.25, -0.2) is 8.42 Å². The van der Waals surface area contributed by atoms with Crippen LogP contribution in [-0.2, 0) is 21.9 Å². The summed E-state index contributed by atoms with van der Waals surface area (Å²) in [5, 5.41) is 9.35. The Morgan fingerprint density at radius 3 is 1.70 bits per heavy atom. The van der Waals surface area contributed by atoms with E-state index in [-0.39, 0.29) is 28.2 Å². The highest BCUT2D eigenvalue weighted by molar-refractivity contribution is 7.90. The van der Waals surface area contributed by atoms with Crippen LogP contribution >= 0.6 is 0 Å². The van der Waals surface area contributed by atoms with Crippen molar-refractivity contribution in [3.63, 3.8) is 0 Å². The average molecular weight is 597 g/mol. The van der Waals surface area contributed by atoms with Gasteiger partial charge in [0.2, 0.25) is 0 Å². The minimum absolute atomic E-state index is 0.0437.